The van der Waals surface area contributed by atoms with E-state index >= 15 is 0 Å². The highest BCUT2D eigenvalue weighted by Gasteiger charge is 2.19. The first-order valence-electron chi connectivity index (χ1n) is 26.9. The molecule has 0 aliphatic heterocycles. The molecular formula is C60H98O6. The van der Waals surface area contributed by atoms with E-state index in [4.69, 9.17) is 14.2 Å². The first kappa shape index (κ1) is 62.1. The van der Waals surface area contributed by atoms with Crippen LogP contribution in [0, 0.1) is 0 Å². The Morgan fingerprint density at radius 1 is 0.318 bits per heavy atom. The van der Waals surface area contributed by atoms with E-state index in [1.807, 2.05) is 0 Å². The highest BCUT2D eigenvalue weighted by atomic mass is 16.6. The number of ether oxygens (including phenoxy) is 3. The Morgan fingerprint density at radius 3 is 1.02 bits per heavy atom. The lowest BCUT2D eigenvalue weighted by atomic mass is 10.0. The van der Waals surface area contributed by atoms with Crippen molar-refractivity contribution >= 4 is 17.9 Å². The minimum absolute atomic E-state index is 0.109. The Bertz CT molecular complexity index is 1370. The van der Waals surface area contributed by atoms with Gasteiger partial charge in [0.05, 0.1) is 0 Å². The Labute approximate surface area is 406 Å². The van der Waals surface area contributed by atoms with Crippen LogP contribution >= 0.6 is 0 Å². The lowest BCUT2D eigenvalue weighted by Gasteiger charge is -2.18. The summed E-state index contributed by atoms with van der Waals surface area (Å²) in [6.45, 7) is 6.41. The van der Waals surface area contributed by atoms with Gasteiger partial charge in [-0.05, 0) is 103 Å². The second-order valence-electron chi connectivity index (χ2n) is 17.4. The number of carbonyl (C=O) groups is 3. The van der Waals surface area contributed by atoms with Crippen molar-refractivity contribution in [3.05, 3.63) is 109 Å². The lowest BCUT2D eigenvalue weighted by molar-refractivity contribution is -0.167. The van der Waals surface area contributed by atoms with Crippen LogP contribution in [0.1, 0.15) is 233 Å². The van der Waals surface area contributed by atoms with E-state index in [9.17, 15) is 14.4 Å². The molecule has 1 atom stereocenters. The number of allylic oxidation sites excluding steroid dienone is 18. The van der Waals surface area contributed by atoms with E-state index in [-0.39, 0.29) is 44.0 Å². The average Bonchev–Trinajstić information content (AvgIpc) is 3.31. The summed E-state index contributed by atoms with van der Waals surface area (Å²) in [5.41, 5.74) is 0. The fourth-order valence-electron chi connectivity index (χ4n) is 6.99. The average molecular weight is 915 g/mol. The summed E-state index contributed by atoms with van der Waals surface area (Å²) in [6, 6.07) is 0. The zero-order valence-corrected chi connectivity index (χ0v) is 42.7. The summed E-state index contributed by atoms with van der Waals surface area (Å²) in [6.07, 6.45) is 72.2. The molecule has 6 heteroatoms. The first-order valence-corrected chi connectivity index (χ1v) is 26.9. The lowest BCUT2D eigenvalue weighted by Crippen LogP contribution is -2.30. The second-order valence-corrected chi connectivity index (χ2v) is 17.4. The summed E-state index contributed by atoms with van der Waals surface area (Å²) in [5.74, 6) is -1.00. The van der Waals surface area contributed by atoms with Gasteiger partial charge in [-0.2, -0.15) is 0 Å². The number of unbranched alkanes of at least 4 members (excludes halogenated alkanes) is 18. The fourth-order valence-corrected chi connectivity index (χ4v) is 6.99. The van der Waals surface area contributed by atoms with Crippen molar-refractivity contribution in [1.82, 2.24) is 0 Å². The molecule has 0 fully saturated rings. The minimum Gasteiger partial charge on any atom is -0.462 e. The summed E-state index contributed by atoms with van der Waals surface area (Å²) in [4.78, 5) is 38.0. The third-order valence-electron chi connectivity index (χ3n) is 11.0. The number of carbonyl (C=O) groups excluding carboxylic acids is 3. The largest absolute Gasteiger partial charge is 0.462 e. The van der Waals surface area contributed by atoms with Crippen molar-refractivity contribution in [1.29, 1.82) is 0 Å². The molecule has 0 N–H and O–H groups in total. The third kappa shape index (κ3) is 51.1. The molecule has 0 heterocycles. The van der Waals surface area contributed by atoms with Gasteiger partial charge < -0.3 is 14.2 Å². The van der Waals surface area contributed by atoms with Gasteiger partial charge >= 0.3 is 17.9 Å². The standard InChI is InChI=1S/C60H98O6/c1-4-7-10-13-16-19-22-25-27-29-30-32-34-36-39-42-45-48-51-54-60(63)66-57(55-64-58(61)52-49-46-43-40-37-24-21-18-15-12-9-6-3)56-65-59(62)53-50-47-44-41-38-35-33-31-28-26-23-20-17-14-11-8-5-2/h7,10,16-17,19-20,25-28,30,32-33,35-36,39,41,44,57H,4-6,8-9,11-15,18,21-24,29,31,34,37-38,40,42-43,45-56H2,1-3H3/b10-7-,19-16-,20-17-,27-25-,28-26-,32-30-,35-33-,39-36-,44-41-/t57-/m0/s1. The molecule has 0 aliphatic rings. The van der Waals surface area contributed by atoms with E-state index in [0.717, 1.165) is 96.3 Å². The third-order valence-corrected chi connectivity index (χ3v) is 11.0. The number of esters is 3. The van der Waals surface area contributed by atoms with Crippen LogP contribution in [0.25, 0.3) is 0 Å². The van der Waals surface area contributed by atoms with Gasteiger partial charge in [0.1, 0.15) is 13.2 Å². The van der Waals surface area contributed by atoms with Crippen molar-refractivity contribution < 1.29 is 28.6 Å². The smallest absolute Gasteiger partial charge is 0.306 e. The number of hydrogen-bond acceptors (Lipinski definition) is 6. The van der Waals surface area contributed by atoms with Gasteiger partial charge in [0, 0.05) is 19.3 Å². The summed E-state index contributed by atoms with van der Waals surface area (Å²) >= 11 is 0. The molecule has 0 unspecified atom stereocenters. The SMILES string of the molecule is CC/C=C\C/C=C\C/C=C\C/C=C\C/C=C\CCCCCC(=O)O[C@H](COC(=O)CCC/C=C\C/C=C\C/C=C\C/C=C\CCCCC)COC(=O)CCCCCCCCCCCCCC. The molecule has 0 radical (unpaired) electrons. The predicted molar refractivity (Wildman–Crippen MR) is 283 cm³/mol. The first-order chi connectivity index (χ1) is 32.5. The maximum Gasteiger partial charge on any atom is 0.306 e. The maximum absolute atomic E-state index is 12.8. The van der Waals surface area contributed by atoms with Crippen LogP contribution < -0.4 is 0 Å². The van der Waals surface area contributed by atoms with Crippen molar-refractivity contribution in [2.75, 3.05) is 13.2 Å². The quantitative estimate of drug-likeness (QED) is 0.0262. The van der Waals surface area contributed by atoms with Crippen LogP contribution in [0.3, 0.4) is 0 Å². The Hall–Kier alpha value is -3.93. The molecule has 0 saturated heterocycles. The molecule has 0 spiro atoms. The molecule has 0 saturated carbocycles. The van der Waals surface area contributed by atoms with Crippen LogP contribution in [0.4, 0.5) is 0 Å². The van der Waals surface area contributed by atoms with Crippen molar-refractivity contribution in [3.8, 4) is 0 Å². The van der Waals surface area contributed by atoms with E-state index < -0.39 is 6.10 Å². The van der Waals surface area contributed by atoms with Crippen LogP contribution in [0.2, 0.25) is 0 Å². The van der Waals surface area contributed by atoms with Gasteiger partial charge in [-0.15, -0.1) is 0 Å². The highest BCUT2D eigenvalue weighted by Crippen LogP contribution is 2.14. The van der Waals surface area contributed by atoms with Crippen LogP contribution in [0.15, 0.2) is 109 Å². The van der Waals surface area contributed by atoms with Crippen LogP contribution in [-0.2, 0) is 28.6 Å². The molecule has 0 aromatic heterocycles. The van der Waals surface area contributed by atoms with E-state index in [1.165, 1.54) is 83.5 Å². The zero-order chi connectivity index (χ0) is 47.9. The molecule has 0 aromatic rings. The van der Waals surface area contributed by atoms with Crippen LogP contribution in [-0.4, -0.2) is 37.2 Å². The zero-order valence-electron chi connectivity index (χ0n) is 42.7. The van der Waals surface area contributed by atoms with Gasteiger partial charge in [-0.1, -0.05) is 220 Å². The maximum atomic E-state index is 12.8. The molecule has 0 aromatic carbocycles. The molecule has 66 heavy (non-hydrogen) atoms. The summed E-state index contributed by atoms with van der Waals surface area (Å²) in [7, 11) is 0. The summed E-state index contributed by atoms with van der Waals surface area (Å²) < 4.78 is 16.7. The Morgan fingerprint density at radius 2 is 0.606 bits per heavy atom. The molecule has 374 valence electrons. The van der Waals surface area contributed by atoms with Gasteiger partial charge in [-0.3, -0.25) is 14.4 Å². The van der Waals surface area contributed by atoms with Crippen molar-refractivity contribution in [3.63, 3.8) is 0 Å². The highest BCUT2D eigenvalue weighted by molar-refractivity contribution is 5.71. The van der Waals surface area contributed by atoms with Gasteiger partial charge in [0.15, 0.2) is 6.10 Å². The molecule has 6 nitrogen and oxygen atoms in total. The second kappa shape index (κ2) is 53.7. The number of rotatable bonds is 47. The molecular weight excluding hydrogens is 817 g/mol. The van der Waals surface area contributed by atoms with E-state index in [1.54, 1.807) is 0 Å². The van der Waals surface area contributed by atoms with Crippen molar-refractivity contribution in [2.45, 2.75) is 239 Å². The van der Waals surface area contributed by atoms with Crippen molar-refractivity contribution in [2.24, 2.45) is 0 Å². The molecule has 0 amide bonds. The normalized spacial score (nSPS) is 13.0. The van der Waals surface area contributed by atoms with Crippen LogP contribution in [0.5, 0.6) is 0 Å². The van der Waals surface area contributed by atoms with Gasteiger partial charge in [0.25, 0.3) is 0 Å². The Kier molecular flexibility index (Phi) is 50.5. The monoisotopic (exact) mass is 915 g/mol. The van der Waals surface area contributed by atoms with E-state index in [2.05, 4.69) is 130 Å². The summed E-state index contributed by atoms with van der Waals surface area (Å²) in [5, 5.41) is 0. The Balaban J connectivity index is 4.54. The molecule has 0 aliphatic carbocycles. The van der Waals surface area contributed by atoms with Gasteiger partial charge in [-0.25, -0.2) is 0 Å². The fraction of sp³-hybridized carbons (Fsp3) is 0.650. The topological polar surface area (TPSA) is 78.9 Å². The van der Waals surface area contributed by atoms with Gasteiger partial charge in [0.2, 0.25) is 0 Å². The molecule has 0 bridgehead atoms. The van der Waals surface area contributed by atoms with E-state index in [0.29, 0.717) is 19.3 Å². The molecule has 0 rings (SSSR count). The number of hydrogen-bond donors (Lipinski definition) is 0. The minimum atomic E-state index is -0.817. The predicted octanol–water partition coefficient (Wildman–Crippen LogP) is 17.9.